The second-order valence-electron chi connectivity index (χ2n) is 5.23. The van der Waals surface area contributed by atoms with Crippen LogP contribution >= 0.6 is 11.6 Å². The molecule has 2 rings (SSSR count). The quantitative estimate of drug-likeness (QED) is 0.763. The van der Waals surface area contributed by atoms with Crippen LogP contribution in [-0.2, 0) is 17.9 Å². The van der Waals surface area contributed by atoms with E-state index >= 15 is 0 Å². The number of carbonyl (C=O) groups excluding carboxylic acids is 1. The van der Waals surface area contributed by atoms with Crippen LogP contribution in [0.2, 0.25) is 5.02 Å². The van der Waals surface area contributed by atoms with Crippen molar-refractivity contribution in [3.05, 3.63) is 52.3 Å². The summed E-state index contributed by atoms with van der Waals surface area (Å²) in [6.07, 6.45) is 1.77. The van der Waals surface area contributed by atoms with Gasteiger partial charge in [-0.1, -0.05) is 17.7 Å². The van der Waals surface area contributed by atoms with Crippen LogP contribution in [0.3, 0.4) is 0 Å². The lowest BCUT2D eigenvalue weighted by Crippen LogP contribution is -2.20. The Kier molecular flexibility index (Phi) is 6.40. The molecule has 0 aliphatic heterocycles. The van der Waals surface area contributed by atoms with E-state index in [1.807, 2.05) is 19.1 Å². The van der Waals surface area contributed by atoms with Gasteiger partial charge in [0.05, 0.1) is 17.8 Å². The monoisotopic (exact) mass is 349 g/mol. The summed E-state index contributed by atoms with van der Waals surface area (Å²) in [6.45, 7) is 3.00. The van der Waals surface area contributed by atoms with Crippen LogP contribution in [0.25, 0.3) is 0 Å². The summed E-state index contributed by atoms with van der Waals surface area (Å²) in [5.74, 6) is 0.182. The largest absolute Gasteiger partial charge is 0.493 e. The molecule has 128 valence electrons. The second kappa shape index (κ2) is 8.52. The number of hydrogen-bond acceptors (Lipinski definition) is 5. The van der Waals surface area contributed by atoms with Gasteiger partial charge in [-0.15, -0.1) is 0 Å². The Morgan fingerprint density at radius 3 is 2.83 bits per heavy atom. The van der Waals surface area contributed by atoms with E-state index in [0.717, 1.165) is 16.8 Å². The van der Waals surface area contributed by atoms with Gasteiger partial charge < -0.3 is 20.5 Å². The number of primary amides is 1. The fourth-order valence-electron chi connectivity index (χ4n) is 2.19. The van der Waals surface area contributed by atoms with Gasteiger partial charge >= 0.3 is 0 Å². The Labute approximate surface area is 145 Å². The molecule has 2 aromatic rings. The Morgan fingerprint density at radius 1 is 1.38 bits per heavy atom. The molecule has 0 spiro atoms. The van der Waals surface area contributed by atoms with Crippen molar-refractivity contribution in [3.63, 3.8) is 0 Å². The minimum Gasteiger partial charge on any atom is -0.493 e. The Hall–Kier alpha value is -2.31. The third-order valence-corrected chi connectivity index (χ3v) is 3.67. The van der Waals surface area contributed by atoms with Gasteiger partial charge in [0.15, 0.2) is 18.1 Å². The van der Waals surface area contributed by atoms with Crippen LogP contribution in [0.1, 0.15) is 16.8 Å². The standard InChI is InChI=1S/C17H20ClN3O3/c1-11-4-3-5-21-14(11)9-20-8-12-6-13(18)17(15(7-12)23-2)24-10-16(19)22/h3-7,20H,8-10H2,1-2H3,(H2,19,22). The summed E-state index contributed by atoms with van der Waals surface area (Å²) in [6, 6.07) is 7.50. The molecule has 0 unspecified atom stereocenters. The zero-order valence-corrected chi connectivity index (χ0v) is 14.4. The number of halogens is 1. The molecule has 7 heteroatoms. The van der Waals surface area contributed by atoms with Crippen LogP contribution in [0.5, 0.6) is 11.5 Å². The molecule has 1 heterocycles. The van der Waals surface area contributed by atoms with E-state index in [1.165, 1.54) is 7.11 Å². The maximum absolute atomic E-state index is 10.9. The molecule has 0 saturated carbocycles. The summed E-state index contributed by atoms with van der Waals surface area (Å²) in [5, 5.41) is 3.68. The van der Waals surface area contributed by atoms with Crippen LogP contribution in [0.15, 0.2) is 30.5 Å². The number of hydrogen-bond donors (Lipinski definition) is 2. The third-order valence-electron chi connectivity index (χ3n) is 3.39. The number of aromatic nitrogens is 1. The molecule has 0 aliphatic rings. The molecule has 24 heavy (non-hydrogen) atoms. The predicted molar refractivity (Wildman–Crippen MR) is 92.2 cm³/mol. The molecule has 1 aromatic heterocycles. The lowest BCUT2D eigenvalue weighted by Gasteiger charge is -2.14. The number of pyridine rings is 1. The maximum atomic E-state index is 10.9. The normalized spacial score (nSPS) is 10.5. The van der Waals surface area contributed by atoms with Gasteiger partial charge in [-0.25, -0.2) is 0 Å². The molecular formula is C17H20ClN3O3. The Balaban J connectivity index is 2.04. The van der Waals surface area contributed by atoms with Crippen molar-refractivity contribution < 1.29 is 14.3 Å². The summed E-state index contributed by atoms with van der Waals surface area (Å²) >= 11 is 6.22. The van der Waals surface area contributed by atoms with Crippen molar-refractivity contribution in [1.82, 2.24) is 10.3 Å². The van der Waals surface area contributed by atoms with Crippen molar-refractivity contribution in [1.29, 1.82) is 0 Å². The molecule has 0 saturated heterocycles. The highest BCUT2D eigenvalue weighted by atomic mass is 35.5. The molecule has 1 amide bonds. The number of benzene rings is 1. The van der Waals surface area contributed by atoms with Gasteiger partial charge in [0.1, 0.15) is 0 Å². The molecule has 0 atom stereocenters. The van der Waals surface area contributed by atoms with Crippen LogP contribution < -0.4 is 20.5 Å². The topological polar surface area (TPSA) is 86.5 Å². The lowest BCUT2D eigenvalue weighted by atomic mass is 10.2. The van der Waals surface area contributed by atoms with E-state index in [0.29, 0.717) is 29.6 Å². The van der Waals surface area contributed by atoms with Gasteiger partial charge in [0.2, 0.25) is 0 Å². The SMILES string of the molecule is COc1cc(CNCc2ncccc2C)cc(Cl)c1OCC(N)=O. The number of amides is 1. The zero-order valence-electron chi connectivity index (χ0n) is 13.6. The minimum absolute atomic E-state index is 0.257. The zero-order chi connectivity index (χ0) is 17.5. The smallest absolute Gasteiger partial charge is 0.255 e. The van der Waals surface area contributed by atoms with Crippen molar-refractivity contribution >= 4 is 17.5 Å². The molecule has 0 radical (unpaired) electrons. The van der Waals surface area contributed by atoms with Gasteiger partial charge in [-0.3, -0.25) is 9.78 Å². The van der Waals surface area contributed by atoms with Crippen LogP contribution in [0, 0.1) is 6.92 Å². The average Bonchev–Trinajstić information content (AvgIpc) is 2.55. The second-order valence-corrected chi connectivity index (χ2v) is 5.64. The number of nitrogens with one attached hydrogen (secondary N) is 1. The number of rotatable bonds is 8. The van der Waals surface area contributed by atoms with Crippen molar-refractivity contribution in [2.45, 2.75) is 20.0 Å². The summed E-state index contributed by atoms with van der Waals surface area (Å²) in [7, 11) is 1.51. The number of ether oxygens (including phenoxy) is 2. The highest BCUT2D eigenvalue weighted by Crippen LogP contribution is 2.36. The van der Waals surface area contributed by atoms with Crippen LogP contribution in [0.4, 0.5) is 0 Å². The van der Waals surface area contributed by atoms with Gasteiger partial charge in [0, 0.05) is 19.3 Å². The molecule has 1 aromatic carbocycles. The van der Waals surface area contributed by atoms with E-state index in [9.17, 15) is 4.79 Å². The number of aryl methyl sites for hydroxylation is 1. The summed E-state index contributed by atoms with van der Waals surface area (Å²) < 4.78 is 10.6. The van der Waals surface area contributed by atoms with E-state index in [1.54, 1.807) is 18.3 Å². The minimum atomic E-state index is -0.579. The van der Waals surface area contributed by atoms with E-state index < -0.39 is 5.91 Å². The van der Waals surface area contributed by atoms with E-state index in [2.05, 4.69) is 10.3 Å². The first-order valence-corrected chi connectivity index (χ1v) is 7.77. The number of carbonyl (C=O) groups is 1. The first kappa shape index (κ1) is 18.0. The van der Waals surface area contributed by atoms with Crippen molar-refractivity contribution in [3.8, 4) is 11.5 Å². The van der Waals surface area contributed by atoms with E-state index in [-0.39, 0.29) is 6.61 Å². The number of nitrogens with zero attached hydrogens (tertiary/aromatic N) is 1. The summed E-state index contributed by atoms with van der Waals surface area (Å²) in [5.41, 5.74) is 8.14. The molecule has 3 N–H and O–H groups in total. The fraction of sp³-hybridized carbons (Fsp3) is 0.294. The molecule has 0 fully saturated rings. The highest BCUT2D eigenvalue weighted by molar-refractivity contribution is 6.32. The summed E-state index contributed by atoms with van der Waals surface area (Å²) in [4.78, 5) is 15.2. The molecule has 6 nitrogen and oxygen atoms in total. The van der Waals surface area contributed by atoms with Crippen molar-refractivity contribution in [2.24, 2.45) is 5.73 Å². The predicted octanol–water partition coefficient (Wildman–Crippen LogP) is 2.21. The van der Waals surface area contributed by atoms with Crippen molar-refractivity contribution in [2.75, 3.05) is 13.7 Å². The van der Waals surface area contributed by atoms with E-state index in [4.69, 9.17) is 26.8 Å². The first-order chi connectivity index (χ1) is 11.5. The third kappa shape index (κ3) is 4.84. The lowest BCUT2D eigenvalue weighted by molar-refractivity contribution is -0.119. The first-order valence-electron chi connectivity index (χ1n) is 7.40. The van der Waals surface area contributed by atoms with Gasteiger partial charge in [0.25, 0.3) is 5.91 Å². The molecular weight excluding hydrogens is 330 g/mol. The highest BCUT2D eigenvalue weighted by Gasteiger charge is 2.13. The fourth-order valence-corrected chi connectivity index (χ4v) is 2.48. The molecule has 0 bridgehead atoms. The number of methoxy groups -OCH3 is 1. The number of nitrogens with two attached hydrogens (primary N) is 1. The van der Waals surface area contributed by atoms with Gasteiger partial charge in [-0.05, 0) is 36.2 Å². The molecule has 0 aliphatic carbocycles. The average molecular weight is 350 g/mol. The maximum Gasteiger partial charge on any atom is 0.255 e. The Morgan fingerprint density at radius 2 is 2.17 bits per heavy atom. The van der Waals surface area contributed by atoms with Crippen LogP contribution in [-0.4, -0.2) is 24.6 Å². The van der Waals surface area contributed by atoms with Gasteiger partial charge in [-0.2, -0.15) is 0 Å². The Bertz CT molecular complexity index is 722.